The van der Waals surface area contributed by atoms with Crippen LogP contribution in [0.3, 0.4) is 0 Å². The molecule has 2 amide bonds. The number of carbonyl (C=O) groups is 2. The summed E-state index contributed by atoms with van der Waals surface area (Å²) in [6, 6.07) is 9.74. The number of hydrogen-bond acceptors (Lipinski definition) is 4. The Morgan fingerprint density at radius 3 is 2.62 bits per heavy atom. The standard InChI is InChI=1S/C17H15ClN2O4/c1-19-16(21)11-6-5-10(18)9-13(11)20-17(22)12-3-2-4-14-15(12)24-8-7-23-14/h2-6,9H,7-8H2,1H3,(H,19,21)(H,20,22). The van der Waals surface area contributed by atoms with Crippen LogP contribution in [0, 0.1) is 0 Å². The molecule has 0 unspecified atom stereocenters. The number of halogens is 1. The average molecular weight is 347 g/mol. The quantitative estimate of drug-likeness (QED) is 0.896. The van der Waals surface area contributed by atoms with E-state index in [4.69, 9.17) is 21.1 Å². The van der Waals surface area contributed by atoms with Gasteiger partial charge in [-0.25, -0.2) is 0 Å². The molecule has 3 rings (SSSR count). The van der Waals surface area contributed by atoms with Crippen molar-refractivity contribution in [2.75, 3.05) is 25.6 Å². The van der Waals surface area contributed by atoms with Gasteiger partial charge in [0, 0.05) is 12.1 Å². The molecule has 0 aliphatic carbocycles. The molecule has 2 aromatic carbocycles. The van der Waals surface area contributed by atoms with Gasteiger partial charge in [0.2, 0.25) is 0 Å². The smallest absolute Gasteiger partial charge is 0.259 e. The normalized spacial score (nSPS) is 12.4. The molecule has 0 bridgehead atoms. The SMILES string of the molecule is CNC(=O)c1ccc(Cl)cc1NC(=O)c1cccc2c1OCCO2. The fourth-order valence-electron chi connectivity index (χ4n) is 2.39. The molecule has 24 heavy (non-hydrogen) atoms. The van der Waals surface area contributed by atoms with Crippen LogP contribution in [0.15, 0.2) is 36.4 Å². The van der Waals surface area contributed by atoms with E-state index in [-0.39, 0.29) is 5.91 Å². The second-order valence-electron chi connectivity index (χ2n) is 5.05. The molecule has 1 aliphatic heterocycles. The van der Waals surface area contributed by atoms with E-state index in [1.54, 1.807) is 30.3 Å². The summed E-state index contributed by atoms with van der Waals surface area (Å²) in [7, 11) is 1.52. The van der Waals surface area contributed by atoms with Gasteiger partial charge < -0.3 is 20.1 Å². The van der Waals surface area contributed by atoms with Crippen LogP contribution in [-0.2, 0) is 0 Å². The van der Waals surface area contributed by atoms with Crippen LogP contribution in [0.25, 0.3) is 0 Å². The van der Waals surface area contributed by atoms with E-state index < -0.39 is 5.91 Å². The fraction of sp³-hybridized carbons (Fsp3) is 0.176. The number of benzene rings is 2. The first-order valence-corrected chi connectivity index (χ1v) is 7.69. The molecule has 2 aromatic rings. The lowest BCUT2D eigenvalue weighted by Crippen LogP contribution is -2.23. The third-order valence-electron chi connectivity index (χ3n) is 3.51. The van der Waals surface area contributed by atoms with Gasteiger partial charge in [-0.05, 0) is 30.3 Å². The monoisotopic (exact) mass is 346 g/mol. The van der Waals surface area contributed by atoms with Crippen LogP contribution in [0.4, 0.5) is 5.69 Å². The highest BCUT2D eigenvalue weighted by Crippen LogP contribution is 2.34. The molecule has 0 atom stereocenters. The molecule has 0 radical (unpaired) electrons. The largest absolute Gasteiger partial charge is 0.486 e. The molecule has 0 saturated carbocycles. The van der Waals surface area contributed by atoms with Gasteiger partial charge in [-0.3, -0.25) is 9.59 Å². The molecule has 0 fully saturated rings. The Labute approximate surface area is 143 Å². The molecular weight excluding hydrogens is 332 g/mol. The summed E-state index contributed by atoms with van der Waals surface area (Å²) in [5.74, 6) is 0.178. The summed E-state index contributed by atoms with van der Waals surface area (Å²) in [6.07, 6.45) is 0. The Morgan fingerprint density at radius 2 is 1.83 bits per heavy atom. The zero-order valence-electron chi connectivity index (χ0n) is 12.9. The number of para-hydroxylation sites is 1. The zero-order valence-corrected chi connectivity index (χ0v) is 13.6. The van der Waals surface area contributed by atoms with E-state index in [2.05, 4.69) is 10.6 Å². The number of rotatable bonds is 3. The highest BCUT2D eigenvalue weighted by Gasteiger charge is 2.21. The van der Waals surface area contributed by atoms with Crippen molar-refractivity contribution < 1.29 is 19.1 Å². The molecule has 124 valence electrons. The van der Waals surface area contributed by atoms with Crippen LogP contribution in [0.5, 0.6) is 11.5 Å². The van der Waals surface area contributed by atoms with E-state index in [1.165, 1.54) is 13.1 Å². The van der Waals surface area contributed by atoms with Crippen LogP contribution >= 0.6 is 11.6 Å². The number of hydrogen-bond donors (Lipinski definition) is 2. The van der Waals surface area contributed by atoms with Gasteiger partial charge in [0.15, 0.2) is 11.5 Å². The lowest BCUT2D eigenvalue weighted by atomic mass is 10.1. The minimum Gasteiger partial charge on any atom is -0.486 e. The minimum absolute atomic E-state index is 0.317. The second kappa shape index (κ2) is 6.80. The van der Waals surface area contributed by atoms with Crippen molar-refractivity contribution in [1.82, 2.24) is 5.32 Å². The van der Waals surface area contributed by atoms with Gasteiger partial charge in [-0.15, -0.1) is 0 Å². The van der Waals surface area contributed by atoms with Gasteiger partial charge in [0.05, 0.1) is 16.8 Å². The first-order chi connectivity index (χ1) is 11.6. The van der Waals surface area contributed by atoms with E-state index in [9.17, 15) is 9.59 Å². The van der Waals surface area contributed by atoms with Crippen molar-refractivity contribution in [3.8, 4) is 11.5 Å². The summed E-state index contributed by atoms with van der Waals surface area (Å²) in [6.45, 7) is 0.811. The van der Waals surface area contributed by atoms with Gasteiger partial charge in [0.1, 0.15) is 13.2 Å². The maximum atomic E-state index is 12.6. The zero-order chi connectivity index (χ0) is 17.1. The highest BCUT2D eigenvalue weighted by atomic mass is 35.5. The Bertz CT molecular complexity index is 807. The van der Waals surface area contributed by atoms with Crippen LogP contribution < -0.4 is 20.1 Å². The lowest BCUT2D eigenvalue weighted by Gasteiger charge is -2.20. The number of carbonyl (C=O) groups excluding carboxylic acids is 2. The molecule has 0 saturated heterocycles. The van der Waals surface area contributed by atoms with Crippen LogP contribution in [0.1, 0.15) is 20.7 Å². The number of ether oxygens (including phenoxy) is 2. The van der Waals surface area contributed by atoms with E-state index >= 15 is 0 Å². The summed E-state index contributed by atoms with van der Waals surface area (Å²) < 4.78 is 11.0. The van der Waals surface area contributed by atoms with Gasteiger partial charge in [-0.2, -0.15) is 0 Å². The summed E-state index contributed by atoms with van der Waals surface area (Å²) in [5.41, 5.74) is 0.966. The maximum absolute atomic E-state index is 12.6. The van der Waals surface area contributed by atoms with Gasteiger partial charge >= 0.3 is 0 Å². The third kappa shape index (κ3) is 3.14. The Balaban J connectivity index is 1.94. The first-order valence-electron chi connectivity index (χ1n) is 7.31. The number of fused-ring (bicyclic) bond motifs is 1. The van der Waals surface area contributed by atoms with Gasteiger partial charge in [0.25, 0.3) is 11.8 Å². The van der Waals surface area contributed by atoms with Crippen LogP contribution in [0.2, 0.25) is 5.02 Å². The molecule has 1 heterocycles. The third-order valence-corrected chi connectivity index (χ3v) is 3.75. The fourth-order valence-corrected chi connectivity index (χ4v) is 2.57. The highest BCUT2D eigenvalue weighted by molar-refractivity contribution is 6.31. The topological polar surface area (TPSA) is 76.7 Å². The maximum Gasteiger partial charge on any atom is 0.259 e. The van der Waals surface area contributed by atoms with Gasteiger partial charge in [-0.1, -0.05) is 17.7 Å². The van der Waals surface area contributed by atoms with Crippen molar-refractivity contribution in [3.05, 3.63) is 52.5 Å². The van der Waals surface area contributed by atoms with E-state index in [1.807, 2.05) is 0 Å². The molecule has 7 heteroatoms. The van der Waals surface area contributed by atoms with Crippen LogP contribution in [-0.4, -0.2) is 32.1 Å². The predicted molar refractivity (Wildman–Crippen MR) is 90.2 cm³/mol. The number of anilines is 1. The Morgan fingerprint density at radius 1 is 1.04 bits per heavy atom. The first kappa shape index (κ1) is 16.1. The van der Waals surface area contributed by atoms with Crippen molar-refractivity contribution in [2.45, 2.75) is 0 Å². The lowest BCUT2D eigenvalue weighted by molar-refractivity contribution is 0.0964. The Kier molecular flexibility index (Phi) is 4.57. The van der Waals surface area contributed by atoms with Crippen molar-refractivity contribution in [3.63, 3.8) is 0 Å². The summed E-state index contributed by atoms with van der Waals surface area (Å²) >= 11 is 5.98. The summed E-state index contributed by atoms with van der Waals surface area (Å²) in [4.78, 5) is 24.6. The van der Waals surface area contributed by atoms with E-state index in [0.29, 0.717) is 46.5 Å². The predicted octanol–water partition coefficient (Wildman–Crippen LogP) is 2.72. The molecule has 0 aromatic heterocycles. The van der Waals surface area contributed by atoms with Crippen molar-refractivity contribution >= 4 is 29.1 Å². The molecule has 1 aliphatic rings. The molecule has 2 N–H and O–H groups in total. The van der Waals surface area contributed by atoms with E-state index in [0.717, 1.165) is 0 Å². The number of nitrogens with one attached hydrogen (secondary N) is 2. The second-order valence-corrected chi connectivity index (χ2v) is 5.49. The minimum atomic E-state index is -0.412. The Hall–Kier alpha value is -2.73. The number of amides is 2. The molecular formula is C17H15ClN2O4. The molecule has 6 nitrogen and oxygen atoms in total. The van der Waals surface area contributed by atoms with Crippen molar-refractivity contribution in [1.29, 1.82) is 0 Å². The van der Waals surface area contributed by atoms with Crippen molar-refractivity contribution in [2.24, 2.45) is 0 Å². The molecule has 0 spiro atoms. The average Bonchev–Trinajstić information content (AvgIpc) is 2.60. The summed E-state index contributed by atoms with van der Waals surface area (Å²) in [5, 5.41) is 5.65.